The second-order valence-corrected chi connectivity index (χ2v) is 3.39. The van der Waals surface area contributed by atoms with Gasteiger partial charge in [0.2, 0.25) is 0 Å². The van der Waals surface area contributed by atoms with Gasteiger partial charge in [0.25, 0.3) is 0 Å². The lowest BCUT2D eigenvalue weighted by Crippen LogP contribution is -2.14. The minimum absolute atomic E-state index is 1.21. The van der Waals surface area contributed by atoms with Crippen LogP contribution in [0.2, 0.25) is 0 Å². The van der Waals surface area contributed by atoms with Crippen LogP contribution in [-0.4, -0.2) is 4.21 Å². The maximum absolute atomic E-state index is 10.5. The third-order valence-electron chi connectivity index (χ3n) is 0.571. The molecule has 0 aromatic carbocycles. The molecule has 0 saturated carbocycles. The van der Waals surface area contributed by atoms with Crippen molar-refractivity contribution in [2.24, 2.45) is 5.14 Å². The smallest absolute Gasteiger partial charge is 0.0130 e. The molecular weight excluding hydrogens is 110 g/mol. The number of hydrogen-bond donors (Lipinski definition) is 2. The van der Waals surface area contributed by atoms with Crippen molar-refractivity contribution in [3.05, 3.63) is 24.0 Å². The van der Waals surface area contributed by atoms with Gasteiger partial charge in [0.15, 0.2) is 0 Å². The highest BCUT2D eigenvalue weighted by atomic mass is 32.3. The predicted molar refractivity (Wildman–Crippen MR) is 34.1 cm³/mol. The Morgan fingerprint density at radius 3 is 1.71 bits per heavy atom. The summed E-state index contributed by atoms with van der Waals surface area (Å²) in [6.45, 7) is 6.49. The SMILES string of the molecule is C=C[SH](N)(=O)C=C. The van der Waals surface area contributed by atoms with Gasteiger partial charge in [-0.25, -0.2) is 0 Å². The Kier molecular flexibility index (Phi) is 1.92. The Hall–Kier alpha value is -0.410. The molecule has 0 unspecified atom stereocenters. The van der Waals surface area contributed by atoms with Crippen molar-refractivity contribution in [3.63, 3.8) is 0 Å². The Bertz CT molecular complexity index is 118. The van der Waals surface area contributed by atoms with Gasteiger partial charge >= 0.3 is 0 Å². The van der Waals surface area contributed by atoms with Crippen molar-refractivity contribution in [2.75, 3.05) is 0 Å². The van der Waals surface area contributed by atoms with Gasteiger partial charge < -0.3 is 0 Å². The molecule has 0 radical (unpaired) electrons. The Morgan fingerprint density at radius 2 is 1.71 bits per heavy atom. The summed E-state index contributed by atoms with van der Waals surface area (Å²) in [6, 6.07) is 0. The number of nitrogens with two attached hydrogens (primary N) is 1. The normalized spacial score (nSPS) is 12.7. The van der Waals surface area contributed by atoms with Crippen molar-refractivity contribution >= 4 is 10.1 Å². The quantitative estimate of drug-likeness (QED) is 0.500. The summed E-state index contributed by atoms with van der Waals surface area (Å²) in [5, 5.41) is 7.45. The summed E-state index contributed by atoms with van der Waals surface area (Å²) < 4.78 is 10.5. The van der Waals surface area contributed by atoms with Crippen molar-refractivity contribution in [1.82, 2.24) is 0 Å². The van der Waals surface area contributed by atoms with Crippen LogP contribution in [0.4, 0.5) is 0 Å². The van der Waals surface area contributed by atoms with Gasteiger partial charge in [-0.1, -0.05) is 13.2 Å². The van der Waals surface area contributed by atoms with Gasteiger partial charge in [0, 0.05) is 0 Å². The molecule has 0 spiro atoms. The van der Waals surface area contributed by atoms with E-state index in [1.54, 1.807) is 0 Å². The highest BCUT2D eigenvalue weighted by Gasteiger charge is 1.89. The molecule has 0 amide bonds. The Balaban J connectivity index is 4.13. The van der Waals surface area contributed by atoms with Crippen molar-refractivity contribution in [2.45, 2.75) is 0 Å². The van der Waals surface area contributed by atoms with E-state index in [1.165, 1.54) is 10.8 Å². The number of hydrogen-bond acceptors (Lipinski definition) is 1. The zero-order valence-electron chi connectivity index (χ0n) is 4.00. The lowest BCUT2D eigenvalue weighted by atomic mass is 11.3. The van der Waals surface area contributed by atoms with E-state index in [9.17, 15) is 4.21 Å². The van der Waals surface area contributed by atoms with E-state index in [4.69, 9.17) is 5.14 Å². The third kappa shape index (κ3) is 2.31. The van der Waals surface area contributed by atoms with Gasteiger partial charge in [-0.2, -0.15) is 0 Å². The van der Waals surface area contributed by atoms with Crippen LogP contribution in [0.1, 0.15) is 0 Å². The molecule has 0 aromatic rings. The van der Waals surface area contributed by atoms with Crippen molar-refractivity contribution in [1.29, 1.82) is 0 Å². The monoisotopic (exact) mass is 119 g/mol. The molecule has 0 aromatic heterocycles. The molecule has 0 heterocycles. The highest BCUT2D eigenvalue weighted by Crippen LogP contribution is 1.92. The summed E-state index contributed by atoms with van der Waals surface area (Å²) in [6.07, 6.45) is 0. The van der Waals surface area contributed by atoms with Gasteiger partial charge in [-0.05, 0) is 20.9 Å². The average Bonchev–Trinajstić information content (AvgIpc) is 1.68. The standard InChI is InChI=1S/C4H9NOS/c1-3-7(5,6)4-2/h3-4,7H,1-2H2,(H2,5,6). The topological polar surface area (TPSA) is 43.1 Å². The van der Waals surface area contributed by atoms with Crippen LogP contribution in [0, 0.1) is 0 Å². The zero-order valence-corrected chi connectivity index (χ0v) is 4.90. The van der Waals surface area contributed by atoms with E-state index in [0.29, 0.717) is 0 Å². The van der Waals surface area contributed by atoms with E-state index in [1.807, 2.05) is 0 Å². The summed E-state index contributed by atoms with van der Waals surface area (Å²) in [5.41, 5.74) is 0. The second-order valence-electron chi connectivity index (χ2n) is 1.13. The van der Waals surface area contributed by atoms with Crippen LogP contribution in [-0.2, 0) is 10.1 Å². The number of thiol groups is 1. The van der Waals surface area contributed by atoms with E-state index in [2.05, 4.69) is 13.2 Å². The van der Waals surface area contributed by atoms with E-state index in [0.717, 1.165) is 0 Å². The Morgan fingerprint density at radius 1 is 1.43 bits per heavy atom. The average molecular weight is 119 g/mol. The minimum atomic E-state index is -2.63. The van der Waals surface area contributed by atoms with E-state index in [-0.39, 0.29) is 0 Å². The summed E-state index contributed by atoms with van der Waals surface area (Å²) >= 11 is 0. The molecule has 0 bridgehead atoms. The maximum Gasteiger partial charge on any atom is -0.0130 e. The molecule has 0 aliphatic heterocycles. The van der Waals surface area contributed by atoms with Crippen LogP contribution >= 0.6 is 0 Å². The van der Waals surface area contributed by atoms with Crippen molar-refractivity contribution in [3.8, 4) is 0 Å². The molecule has 0 saturated heterocycles. The molecule has 7 heavy (non-hydrogen) atoms. The van der Waals surface area contributed by atoms with Gasteiger partial charge in [-0.15, -0.1) is 0 Å². The lowest BCUT2D eigenvalue weighted by molar-refractivity contribution is 0.683. The fourth-order valence-electron chi connectivity index (χ4n) is 0.0745. The lowest BCUT2D eigenvalue weighted by Gasteiger charge is -2.02. The highest BCUT2D eigenvalue weighted by molar-refractivity contribution is 8.06. The molecule has 3 heteroatoms. The van der Waals surface area contributed by atoms with Crippen LogP contribution in [0.25, 0.3) is 0 Å². The molecular formula is C4H9NOS. The van der Waals surface area contributed by atoms with E-state index < -0.39 is 10.1 Å². The molecule has 2 nitrogen and oxygen atoms in total. The van der Waals surface area contributed by atoms with Crippen LogP contribution < -0.4 is 5.14 Å². The second kappa shape index (κ2) is 2.04. The number of rotatable bonds is 2. The van der Waals surface area contributed by atoms with Crippen LogP contribution in [0.3, 0.4) is 0 Å². The first-order valence-electron chi connectivity index (χ1n) is 1.77. The zero-order chi connectivity index (χ0) is 5.91. The first-order chi connectivity index (χ1) is 3.12. The van der Waals surface area contributed by atoms with Gasteiger partial charge in [0.1, 0.15) is 0 Å². The first-order valence-corrected chi connectivity index (χ1v) is 3.69. The molecule has 0 aliphatic carbocycles. The van der Waals surface area contributed by atoms with Crippen molar-refractivity contribution < 1.29 is 4.21 Å². The van der Waals surface area contributed by atoms with Gasteiger partial charge in [-0.3, -0.25) is 9.35 Å². The summed E-state index contributed by atoms with van der Waals surface area (Å²) in [4.78, 5) is 0. The predicted octanol–water partition coefficient (Wildman–Crippen LogP) is 0.164. The molecule has 0 atom stereocenters. The van der Waals surface area contributed by atoms with Crippen LogP contribution in [0.15, 0.2) is 24.0 Å². The largest absolute Gasteiger partial charge is 0.267 e. The molecule has 42 valence electrons. The molecule has 0 fully saturated rings. The molecule has 0 aliphatic rings. The molecule has 2 N–H and O–H groups in total. The fourth-order valence-corrected chi connectivity index (χ4v) is 0.224. The molecule has 0 rings (SSSR count). The summed E-state index contributed by atoms with van der Waals surface area (Å²) in [5.74, 6) is 0. The summed E-state index contributed by atoms with van der Waals surface area (Å²) in [7, 11) is -2.63. The maximum atomic E-state index is 10.5. The van der Waals surface area contributed by atoms with E-state index >= 15 is 0 Å². The first kappa shape index (κ1) is 6.59. The fraction of sp³-hybridized carbons (Fsp3) is 0. The van der Waals surface area contributed by atoms with Crippen LogP contribution in [0.5, 0.6) is 0 Å². The third-order valence-corrected chi connectivity index (χ3v) is 1.71. The van der Waals surface area contributed by atoms with Gasteiger partial charge in [0.05, 0.1) is 0 Å². The Labute approximate surface area is 44.3 Å². The minimum Gasteiger partial charge on any atom is -0.267 e.